The molecule has 0 radical (unpaired) electrons. The van der Waals surface area contributed by atoms with Crippen LogP contribution in [0.4, 0.5) is 0 Å². The van der Waals surface area contributed by atoms with Crippen molar-refractivity contribution in [2.75, 3.05) is 0 Å². The molecule has 2 rings (SSSR count). The van der Waals surface area contributed by atoms with Crippen LogP contribution in [0.15, 0.2) is 35.4 Å². The molecule has 0 aliphatic rings. The minimum Gasteiger partial charge on any atom is -0.249 e. The van der Waals surface area contributed by atoms with Crippen LogP contribution in [0, 0.1) is 6.92 Å². The van der Waals surface area contributed by atoms with Crippen molar-refractivity contribution in [3.63, 3.8) is 0 Å². The molecule has 1 aromatic carbocycles. The number of benzene rings is 1. The van der Waals surface area contributed by atoms with Gasteiger partial charge >= 0.3 is 0 Å². The first-order chi connectivity index (χ1) is 7.24. The summed E-state index contributed by atoms with van der Waals surface area (Å²) in [6.07, 6.45) is 1.92. The highest BCUT2D eigenvalue weighted by atomic mass is 35.5. The molecule has 0 N–H and O–H groups in total. The molecule has 0 atom stereocenters. The molecule has 1 aromatic heterocycles. The molecule has 15 heavy (non-hydrogen) atoms. The number of nitrogens with zero attached hydrogens (tertiary/aromatic N) is 1. The maximum absolute atomic E-state index is 5.81. The van der Waals surface area contributed by atoms with Crippen LogP contribution in [0.1, 0.15) is 9.88 Å². The van der Waals surface area contributed by atoms with E-state index in [4.69, 9.17) is 11.6 Å². The van der Waals surface area contributed by atoms with E-state index < -0.39 is 0 Å². The summed E-state index contributed by atoms with van der Waals surface area (Å²) >= 11 is 9.35. The van der Waals surface area contributed by atoms with Gasteiger partial charge in [-0.3, -0.25) is 0 Å². The van der Waals surface area contributed by atoms with Crippen LogP contribution in [0.2, 0.25) is 5.02 Å². The molecule has 1 heterocycles. The van der Waals surface area contributed by atoms with Gasteiger partial charge in [0.15, 0.2) is 0 Å². The summed E-state index contributed by atoms with van der Waals surface area (Å²) in [5.74, 6) is 0.931. The number of thioether (sulfide) groups is 1. The number of aryl methyl sites for hydroxylation is 1. The van der Waals surface area contributed by atoms with E-state index in [0.29, 0.717) is 0 Å². The van der Waals surface area contributed by atoms with E-state index in [1.54, 1.807) is 23.1 Å². The molecule has 0 saturated carbocycles. The zero-order chi connectivity index (χ0) is 10.7. The molecule has 0 aliphatic carbocycles. The fraction of sp³-hybridized carbons (Fsp3) is 0.182. The van der Waals surface area contributed by atoms with Crippen LogP contribution in [0.3, 0.4) is 0 Å². The van der Waals surface area contributed by atoms with Crippen molar-refractivity contribution in [3.8, 4) is 0 Å². The standard InChI is InChI=1S/C11H10ClNS2/c1-8-6-13-11(15-8)7-14-10-4-2-9(12)3-5-10/h2-6H,7H2,1H3. The zero-order valence-electron chi connectivity index (χ0n) is 8.24. The number of rotatable bonds is 3. The quantitative estimate of drug-likeness (QED) is 0.754. The van der Waals surface area contributed by atoms with Crippen molar-refractivity contribution in [3.05, 3.63) is 45.4 Å². The first-order valence-corrected chi connectivity index (χ1v) is 6.72. The van der Waals surface area contributed by atoms with Gasteiger partial charge in [0, 0.05) is 21.0 Å². The number of hydrogen-bond acceptors (Lipinski definition) is 3. The van der Waals surface area contributed by atoms with Crippen molar-refractivity contribution < 1.29 is 0 Å². The predicted molar refractivity (Wildman–Crippen MR) is 67.9 cm³/mol. The third kappa shape index (κ3) is 3.23. The Balaban J connectivity index is 1.96. The SMILES string of the molecule is Cc1cnc(CSc2ccc(Cl)cc2)s1. The lowest BCUT2D eigenvalue weighted by Gasteiger charge is -1.98. The predicted octanol–water partition coefficient (Wildman–Crippen LogP) is 4.40. The Bertz CT molecular complexity index is 436. The number of halogens is 1. The van der Waals surface area contributed by atoms with Gasteiger partial charge < -0.3 is 0 Å². The van der Waals surface area contributed by atoms with E-state index in [0.717, 1.165) is 10.8 Å². The average Bonchev–Trinajstić information content (AvgIpc) is 2.64. The Morgan fingerprint density at radius 3 is 2.67 bits per heavy atom. The molecule has 0 fully saturated rings. The molecule has 1 nitrogen and oxygen atoms in total. The monoisotopic (exact) mass is 255 g/mol. The summed E-state index contributed by atoms with van der Waals surface area (Å²) < 4.78 is 0. The molecular weight excluding hydrogens is 246 g/mol. The van der Waals surface area contributed by atoms with E-state index in [1.807, 2.05) is 30.5 Å². The Hall–Kier alpha value is -0.510. The third-order valence-electron chi connectivity index (χ3n) is 1.85. The van der Waals surface area contributed by atoms with Gasteiger partial charge in [-0.05, 0) is 31.2 Å². The molecule has 0 aliphatic heterocycles. The van der Waals surface area contributed by atoms with E-state index in [9.17, 15) is 0 Å². The largest absolute Gasteiger partial charge is 0.249 e. The minimum atomic E-state index is 0.782. The highest BCUT2D eigenvalue weighted by molar-refractivity contribution is 7.98. The molecule has 0 bridgehead atoms. The normalized spacial score (nSPS) is 10.5. The highest BCUT2D eigenvalue weighted by Crippen LogP contribution is 2.25. The molecule has 0 spiro atoms. The van der Waals surface area contributed by atoms with Gasteiger partial charge in [0.05, 0.1) is 5.75 Å². The van der Waals surface area contributed by atoms with Crippen molar-refractivity contribution >= 4 is 34.7 Å². The minimum absolute atomic E-state index is 0.782. The van der Waals surface area contributed by atoms with Gasteiger partial charge in [-0.1, -0.05) is 11.6 Å². The maximum Gasteiger partial charge on any atom is 0.103 e. The fourth-order valence-corrected chi connectivity index (χ4v) is 2.96. The maximum atomic E-state index is 5.81. The van der Waals surface area contributed by atoms with Crippen LogP contribution in [0.5, 0.6) is 0 Å². The first-order valence-electron chi connectivity index (χ1n) is 4.54. The second-order valence-electron chi connectivity index (χ2n) is 3.11. The van der Waals surface area contributed by atoms with E-state index in [2.05, 4.69) is 11.9 Å². The molecular formula is C11H10ClNS2. The van der Waals surface area contributed by atoms with E-state index in [1.165, 1.54) is 14.8 Å². The lowest BCUT2D eigenvalue weighted by atomic mass is 10.4. The topological polar surface area (TPSA) is 12.9 Å². The second-order valence-corrected chi connectivity index (χ2v) is 5.91. The van der Waals surface area contributed by atoms with Crippen molar-refractivity contribution in [2.24, 2.45) is 0 Å². The summed E-state index contributed by atoms with van der Waals surface area (Å²) in [6.45, 7) is 2.08. The second kappa shape index (κ2) is 5.01. The summed E-state index contributed by atoms with van der Waals surface area (Å²) in [5, 5.41) is 1.96. The van der Waals surface area contributed by atoms with Gasteiger partial charge in [-0.25, -0.2) is 4.98 Å². The lowest BCUT2D eigenvalue weighted by Crippen LogP contribution is -1.77. The molecule has 0 saturated heterocycles. The van der Waals surface area contributed by atoms with Gasteiger partial charge in [-0.15, -0.1) is 23.1 Å². The fourth-order valence-electron chi connectivity index (χ4n) is 1.14. The number of aromatic nitrogens is 1. The van der Waals surface area contributed by atoms with Crippen molar-refractivity contribution in [2.45, 2.75) is 17.6 Å². The Labute approximate surface area is 103 Å². The lowest BCUT2D eigenvalue weighted by molar-refractivity contribution is 1.25. The Morgan fingerprint density at radius 2 is 2.07 bits per heavy atom. The van der Waals surface area contributed by atoms with E-state index >= 15 is 0 Å². The van der Waals surface area contributed by atoms with Gasteiger partial charge in [0.2, 0.25) is 0 Å². The molecule has 2 aromatic rings. The summed E-state index contributed by atoms with van der Waals surface area (Å²) in [4.78, 5) is 6.81. The molecule has 0 unspecified atom stereocenters. The Morgan fingerprint density at radius 1 is 1.33 bits per heavy atom. The number of thiazole rings is 1. The van der Waals surface area contributed by atoms with Gasteiger partial charge in [0.25, 0.3) is 0 Å². The molecule has 78 valence electrons. The average molecular weight is 256 g/mol. The van der Waals surface area contributed by atoms with Gasteiger partial charge in [-0.2, -0.15) is 0 Å². The third-order valence-corrected chi connectivity index (χ3v) is 4.22. The van der Waals surface area contributed by atoms with Gasteiger partial charge in [0.1, 0.15) is 5.01 Å². The summed E-state index contributed by atoms with van der Waals surface area (Å²) in [6, 6.07) is 7.90. The number of hydrogen-bond donors (Lipinski definition) is 0. The van der Waals surface area contributed by atoms with E-state index in [-0.39, 0.29) is 0 Å². The highest BCUT2D eigenvalue weighted by Gasteiger charge is 2.00. The summed E-state index contributed by atoms with van der Waals surface area (Å²) in [5.41, 5.74) is 0. The van der Waals surface area contributed by atoms with Crippen LogP contribution in [0.25, 0.3) is 0 Å². The molecule has 4 heteroatoms. The van der Waals surface area contributed by atoms with Crippen molar-refractivity contribution in [1.82, 2.24) is 4.98 Å². The van der Waals surface area contributed by atoms with Crippen LogP contribution >= 0.6 is 34.7 Å². The molecule has 0 amide bonds. The Kier molecular flexibility index (Phi) is 3.67. The zero-order valence-corrected chi connectivity index (χ0v) is 10.6. The smallest absolute Gasteiger partial charge is 0.103 e. The van der Waals surface area contributed by atoms with Crippen LogP contribution < -0.4 is 0 Å². The summed E-state index contributed by atoms with van der Waals surface area (Å²) in [7, 11) is 0. The van der Waals surface area contributed by atoms with Crippen LogP contribution in [-0.4, -0.2) is 4.98 Å². The van der Waals surface area contributed by atoms with Crippen LogP contribution in [-0.2, 0) is 5.75 Å². The first kappa shape index (κ1) is 11.0. The van der Waals surface area contributed by atoms with Crippen molar-refractivity contribution in [1.29, 1.82) is 0 Å².